The number of amidine groups is 2. The molecule has 0 aromatic carbocycles. The van der Waals surface area contributed by atoms with E-state index in [9.17, 15) is 9.81 Å². The first-order valence-electron chi connectivity index (χ1n) is 12.3. The van der Waals surface area contributed by atoms with Crippen LogP contribution in [0.4, 0.5) is 0 Å². The zero-order chi connectivity index (χ0) is 34.8. The molecule has 0 atom stereocenters. The Bertz CT molecular complexity index is 1340. The van der Waals surface area contributed by atoms with Crippen molar-refractivity contribution in [3.05, 3.63) is 134 Å². The standard InChI is InChI=1S/2C12H16N3O.2Cu.4N3/c2*1-11(2)12(3,4)15(16)10(14-11)9-7-5-6-8-13-9;;;4*1-3-2/h2*5-8H,1-4H3;;;;;;/q4*+1;4*-1. The number of hydrogen-bond acceptors (Lipinski definition) is 6. The molecule has 0 N–H and O–H groups in total. The zero-order valence-electron chi connectivity index (χ0n) is 26.1. The maximum absolute atomic E-state index is 12.2. The van der Waals surface area contributed by atoms with Crippen LogP contribution in [0.15, 0.2) is 58.8 Å². The van der Waals surface area contributed by atoms with Gasteiger partial charge in [0, 0.05) is 12.4 Å². The van der Waals surface area contributed by atoms with E-state index in [2.05, 4.69) is 20.0 Å². The van der Waals surface area contributed by atoms with E-state index in [4.69, 9.17) is 44.2 Å². The molecule has 0 radical (unpaired) electrons. The third-order valence-corrected chi connectivity index (χ3v) is 6.95. The van der Waals surface area contributed by atoms with E-state index in [0.717, 1.165) is 9.52 Å². The second-order valence-electron chi connectivity index (χ2n) is 10.5. The predicted octanol–water partition coefficient (Wildman–Crippen LogP) is 7.82. The van der Waals surface area contributed by atoms with E-state index in [1.807, 2.05) is 79.7 Å². The number of pyridine rings is 2. The molecule has 46 heavy (non-hydrogen) atoms. The van der Waals surface area contributed by atoms with Gasteiger partial charge in [-0.15, -0.1) is 0 Å². The first kappa shape index (κ1) is 48.0. The van der Waals surface area contributed by atoms with Gasteiger partial charge in [-0.05, 0) is 89.2 Å². The topological polar surface area (TPSA) is 325 Å². The summed E-state index contributed by atoms with van der Waals surface area (Å²) in [4.78, 5) is 47.7. The minimum Gasteiger partial charge on any atom is -0.373 e. The second kappa shape index (κ2) is 21.8. The molecular weight excluding hydrogens is 699 g/mol. The van der Waals surface area contributed by atoms with E-state index in [0.29, 0.717) is 23.1 Å². The summed E-state index contributed by atoms with van der Waals surface area (Å²) in [6, 6.07) is 11.0. The number of nitrogens with zero attached hydrogens (tertiary/aromatic N) is 18. The molecule has 2 aliphatic heterocycles. The average Bonchev–Trinajstić information content (AvgIpc) is 3.23. The summed E-state index contributed by atoms with van der Waals surface area (Å²) in [7, 11) is 0. The molecule has 0 bridgehead atoms. The van der Waals surface area contributed by atoms with E-state index in [1.165, 1.54) is 19.6 Å². The van der Waals surface area contributed by atoms with Crippen LogP contribution in [0.1, 0.15) is 66.8 Å². The Kier molecular flexibility index (Phi) is 22.7. The summed E-state index contributed by atoms with van der Waals surface area (Å²) >= 11 is 0. The largest absolute Gasteiger partial charge is 1.00 e. The molecule has 4 rings (SSSR count). The molecule has 22 heteroatoms. The van der Waals surface area contributed by atoms with Gasteiger partial charge >= 0.3 is 45.8 Å². The van der Waals surface area contributed by atoms with Gasteiger partial charge in [0.25, 0.3) is 0 Å². The first-order valence-corrected chi connectivity index (χ1v) is 12.3. The van der Waals surface area contributed by atoms with Crippen molar-refractivity contribution >= 4 is 11.7 Å². The van der Waals surface area contributed by atoms with Crippen LogP contribution in [0, 0.1) is 9.81 Å². The molecule has 252 valence electrons. The summed E-state index contributed by atoms with van der Waals surface area (Å²) in [5, 5.41) is 0. The Morgan fingerprint density at radius 1 is 0.522 bits per heavy atom. The molecule has 0 aliphatic carbocycles. The third kappa shape index (κ3) is 12.6. The van der Waals surface area contributed by atoms with Crippen LogP contribution in [-0.4, -0.2) is 53.3 Å². The van der Waals surface area contributed by atoms with Crippen LogP contribution in [0.5, 0.6) is 0 Å². The maximum Gasteiger partial charge on any atom is 1.00 e. The molecule has 2 aromatic heterocycles. The van der Waals surface area contributed by atoms with Gasteiger partial charge in [0.15, 0.2) is 33.5 Å². The fourth-order valence-corrected chi connectivity index (χ4v) is 3.23. The fourth-order valence-electron chi connectivity index (χ4n) is 3.23. The van der Waals surface area contributed by atoms with Gasteiger partial charge in [-0.1, -0.05) is 31.9 Å². The molecule has 0 saturated heterocycles. The van der Waals surface area contributed by atoms with Crippen LogP contribution >= 0.6 is 0 Å². The van der Waals surface area contributed by atoms with E-state index in [1.54, 1.807) is 24.5 Å². The second-order valence-corrected chi connectivity index (χ2v) is 10.5. The Balaban J connectivity index is -0.000000277. The summed E-state index contributed by atoms with van der Waals surface area (Å²) in [5.41, 5.74) is 53.4. The summed E-state index contributed by atoms with van der Waals surface area (Å²) in [5.74, 6) is 0.853. The summed E-state index contributed by atoms with van der Waals surface area (Å²) in [6.45, 7) is 15.5. The molecule has 0 fully saturated rings. The SMILES string of the molecule is CC1(C)N=C(c2ccccn2)[N+](=O)C1(C)C.CC1(C)N=C(c2ccccn2)[N+](=O)C1(C)C.[Cu+].[Cu+].[N-]=[N+]=[N-].[N-]=[N+]=[N-].[N-]=[N+]=[N-].[N-]=[N+]=[N-]. The van der Waals surface area contributed by atoms with Crippen molar-refractivity contribution in [2.45, 2.75) is 77.5 Å². The maximum atomic E-state index is 12.2. The number of nitroso groups, excluding NO2 is 2. The van der Waals surface area contributed by atoms with E-state index in [-0.39, 0.29) is 34.1 Å². The minimum atomic E-state index is -0.542. The van der Waals surface area contributed by atoms with Gasteiger partial charge in [-0.3, -0.25) is 19.6 Å². The zero-order valence-corrected chi connectivity index (χ0v) is 28.0. The van der Waals surface area contributed by atoms with E-state index < -0.39 is 22.2 Å². The Morgan fingerprint density at radius 3 is 0.913 bits per heavy atom. The Labute approximate surface area is 286 Å². The molecule has 20 nitrogen and oxygen atoms in total. The van der Waals surface area contributed by atoms with Gasteiger partial charge in [-0.25, -0.2) is 9.97 Å². The van der Waals surface area contributed by atoms with Crippen molar-refractivity contribution in [1.82, 2.24) is 9.97 Å². The summed E-state index contributed by atoms with van der Waals surface area (Å²) < 4.78 is 1.94. The van der Waals surface area contributed by atoms with Gasteiger partial charge in [-0.2, -0.15) is 0 Å². The molecule has 2 aromatic rings. The molecule has 0 amide bonds. The Hall–Kier alpha value is -4.88. The number of aromatic nitrogens is 2. The molecule has 0 saturated carbocycles. The van der Waals surface area contributed by atoms with Gasteiger partial charge in [0.05, 0.1) is 0 Å². The molecule has 0 spiro atoms. The van der Waals surface area contributed by atoms with Crippen molar-refractivity contribution in [2.24, 2.45) is 9.98 Å². The van der Waals surface area contributed by atoms with Crippen LogP contribution in [0.2, 0.25) is 0 Å². The quantitative estimate of drug-likeness (QED) is 0.0979. The van der Waals surface area contributed by atoms with Crippen molar-refractivity contribution in [3.8, 4) is 0 Å². The van der Waals surface area contributed by atoms with Crippen LogP contribution < -0.4 is 0 Å². The molecule has 2 aliphatic rings. The Morgan fingerprint density at radius 2 is 0.761 bits per heavy atom. The van der Waals surface area contributed by atoms with Crippen LogP contribution in [0.3, 0.4) is 0 Å². The molecule has 4 heterocycles. The molecule has 0 unspecified atom stereocenters. The van der Waals surface area contributed by atoms with E-state index >= 15 is 0 Å². The smallest absolute Gasteiger partial charge is 0.373 e. The van der Waals surface area contributed by atoms with Gasteiger partial charge < -0.3 is 44.2 Å². The monoisotopic (exact) mass is 730 g/mol. The van der Waals surface area contributed by atoms with Crippen molar-refractivity contribution < 1.29 is 43.7 Å². The van der Waals surface area contributed by atoms with Crippen LogP contribution in [-0.2, 0) is 34.1 Å². The number of aliphatic imine (C=N–C) groups is 2. The van der Waals surface area contributed by atoms with Crippen molar-refractivity contribution in [1.29, 1.82) is 0 Å². The van der Waals surface area contributed by atoms with Crippen LogP contribution in [0.25, 0.3) is 63.9 Å². The number of hydrogen-bond donors (Lipinski definition) is 0. The van der Waals surface area contributed by atoms with Gasteiger partial charge in [0.2, 0.25) is 0 Å². The van der Waals surface area contributed by atoms with Crippen molar-refractivity contribution in [2.75, 3.05) is 0 Å². The molecular formula is C24H32Cu2N18O2. The van der Waals surface area contributed by atoms with Crippen molar-refractivity contribution in [3.63, 3.8) is 0 Å². The number of rotatable bonds is 2. The predicted molar refractivity (Wildman–Crippen MR) is 165 cm³/mol. The first-order chi connectivity index (χ1) is 20.4. The van der Waals surface area contributed by atoms with Gasteiger partial charge in [0.1, 0.15) is 0 Å². The third-order valence-electron chi connectivity index (χ3n) is 6.95. The minimum absolute atomic E-state index is 0. The summed E-state index contributed by atoms with van der Waals surface area (Å²) in [6.07, 6.45) is 3.34. The normalized spacial score (nSPS) is 16.0. The fraction of sp³-hybridized carbons (Fsp3) is 0.500. The average molecular weight is 732 g/mol.